The van der Waals surface area contributed by atoms with Gasteiger partial charge in [-0.2, -0.15) is 0 Å². The monoisotopic (exact) mass is 336 g/mol. The largest absolute Gasteiger partial charge is 0.465 e. The minimum Gasteiger partial charge on any atom is -0.465 e. The van der Waals surface area contributed by atoms with Crippen molar-refractivity contribution in [2.45, 2.75) is 58.2 Å². The first kappa shape index (κ1) is 18.0. The van der Waals surface area contributed by atoms with Crippen LogP contribution in [0.3, 0.4) is 0 Å². The maximum absolute atomic E-state index is 11.7. The number of nitro groups is 1. The summed E-state index contributed by atoms with van der Waals surface area (Å²) in [6, 6.07) is 1.50. The Hall–Kier alpha value is -2.38. The quantitative estimate of drug-likeness (QED) is 0.672. The number of piperidine rings is 1. The summed E-state index contributed by atoms with van der Waals surface area (Å²) in [4.78, 5) is 29.8. The predicted octanol–water partition coefficient (Wildman–Crippen LogP) is 3.13. The fraction of sp³-hybridized carbons (Fsp3) is 0.625. The molecule has 2 unspecified atom stereocenters. The third-order valence-corrected chi connectivity index (χ3v) is 4.43. The van der Waals surface area contributed by atoms with E-state index in [2.05, 4.69) is 4.98 Å². The molecule has 0 aliphatic carbocycles. The first-order valence-corrected chi connectivity index (χ1v) is 8.00. The van der Waals surface area contributed by atoms with Crippen LogP contribution < -0.4 is 4.90 Å². The Morgan fingerprint density at radius 2 is 2.12 bits per heavy atom. The van der Waals surface area contributed by atoms with Gasteiger partial charge in [0.1, 0.15) is 11.9 Å². The van der Waals surface area contributed by atoms with Gasteiger partial charge in [0.05, 0.1) is 11.0 Å². The molecule has 1 aromatic heterocycles. The number of carboxylic acid groups (broad SMARTS) is 1. The Labute approximate surface area is 141 Å². The summed E-state index contributed by atoms with van der Waals surface area (Å²) >= 11 is 0. The lowest BCUT2D eigenvalue weighted by Gasteiger charge is -2.46. The number of amides is 1. The molecule has 8 heteroatoms. The zero-order valence-corrected chi connectivity index (χ0v) is 14.5. The molecule has 0 spiro atoms. The van der Waals surface area contributed by atoms with Crippen LogP contribution in [0.15, 0.2) is 18.5 Å². The van der Waals surface area contributed by atoms with E-state index in [0.29, 0.717) is 12.2 Å². The van der Waals surface area contributed by atoms with E-state index >= 15 is 0 Å². The molecule has 1 fully saturated rings. The molecule has 1 N–H and O–H groups in total. The second kappa shape index (κ2) is 6.62. The molecule has 1 aliphatic rings. The maximum Gasteiger partial charge on any atom is 0.408 e. The number of hydrogen-bond acceptors (Lipinski definition) is 5. The summed E-state index contributed by atoms with van der Waals surface area (Å²) in [6.07, 6.45) is 3.30. The Morgan fingerprint density at radius 1 is 1.46 bits per heavy atom. The number of hydrogen-bond donors (Lipinski definition) is 1. The van der Waals surface area contributed by atoms with Crippen molar-refractivity contribution in [2.24, 2.45) is 0 Å². The number of anilines is 1. The van der Waals surface area contributed by atoms with Crippen molar-refractivity contribution in [3.63, 3.8) is 0 Å². The van der Waals surface area contributed by atoms with Gasteiger partial charge in [-0.3, -0.25) is 20.0 Å². The van der Waals surface area contributed by atoms with Crippen LogP contribution in [-0.2, 0) is 0 Å². The fourth-order valence-electron chi connectivity index (χ4n) is 3.39. The first-order chi connectivity index (χ1) is 11.1. The molecule has 1 aromatic rings. The molecule has 1 amide bonds. The molecule has 0 aromatic carbocycles. The van der Waals surface area contributed by atoms with E-state index in [9.17, 15) is 20.0 Å². The van der Waals surface area contributed by atoms with Crippen molar-refractivity contribution in [3.8, 4) is 0 Å². The van der Waals surface area contributed by atoms with Gasteiger partial charge in [0, 0.05) is 24.3 Å². The highest BCUT2D eigenvalue weighted by Crippen LogP contribution is 2.34. The maximum atomic E-state index is 11.7. The second-order valence-electron chi connectivity index (χ2n) is 7.18. The fourth-order valence-corrected chi connectivity index (χ4v) is 3.39. The third-order valence-electron chi connectivity index (χ3n) is 4.43. The van der Waals surface area contributed by atoms with Crippen molar-refractivity contribution in [1.82, 2.24) is 9.88 Å². The van der Waals surface area contributed by atoms with Crippen LogP contribution in [0.2, 0.25) is 0 Å². The molecule has 1 aliphatic heterocycles. The van der Waals surface area contributed by atoms with E-state index < -0.39 is 16.6 Å². The molecule has 0 saturated carbocycles. The van der Waals surface area contributed by atoms with Gasteiger partial charge in [0.2, 0.25) is 0 Å². The van der Waals surface area contributed by atoms with Crippen LogP contribution in [0.25, 0.3) is 0 Å². The van der Waals surface area contributed by atoms with E-state index in [1.54, 1.807) is 6.07 Å². The van der Waals surface area contributed by atoms with Crippen molar-refractivity contribution in [3.05, 3.63) is 28.6 Å². The smallest absolute Gasteiger partial charge is 0.408 e. The summed E-state index contributed by atoms with van der Waals surface area (Å²) in [7, 11) is 0. The van der Waals surface area contributed by atoms with E-state index in [4.69, 9.17) is 0 Å². The number of carbonyl (C=O) groups is 1. The van der Waals surface area contributed by atoms with E-state index in [1.807, 2.05) is 32.6 Å². The van der Waals surface area contributed by atoms with E-state index in [1.165, 1.54) is 17.3 Å². The van der Waals surface area contributed by atoms with Gasteiger partial charge in [-0.1, -0.05) is 0 Å². The summed E-state index contributed by atoms with van der Waals surface area (Å²) in [6.45, 7) is 8.01. The van der Waals surface area contributed by atoms with Gasteiger partial charge in [0.25, 0.3) is 0 Å². The average Bonchev–Trinajstić information content (AvgIpc) is 2.47. The lowest BCUT2D eigenvalue weighted by atomic mass is 9.94. The molecule has 24 heavy (non-hydrogen) atoms. The van der Waals surface area contributed by atoms with Crippen LogP contribution in [0, 0.1) is 10.1 Å². The van der Waals surface area contributed by atoms with Crippen molar-refractivity contribution >= 4 is 17.5 Å². The number of rotatable bonds is 3. The minimum absolute atomic E-state index is 0.0531. The highest BCUT2D eigenvalue weighted by atomic mass is 16.6. The van der Waals surface area contributed by atoms with E-state index in [0.717, 1.165) is 12.8 Å². The Balaban J connectivity index is 2.35. The summed E-state index contributed by atoms with van der Waals surface area (Å²) < 4.78 is 0. The molecule has 1 saturated heterocycles. The van der Waals surface area contributed by atoms with Gasteiger partial charge in [-0.25, -0.2) is 4.79 Å². The lowest BCUT2D eigenvalue weighted by molar-refractivity contribution is -0.384. The number of nitrogens with zero attached hydrogens (tertiary/aromatic N) is 4. The molecular formula is C16H24N4O4. The first-order valence-electron chi connectivity index (χ1n) is 8.00. The molecule has 2 atom stereocenters. The molecule has 0 bridgehead atoms. The van der Waals surface area contributed by atoms with Gasteiger partial charge in [-0.15, -0.1) is 0 Å². The highest BCUT2D eigenvalue weighted by molar-refractivity contribution is 5.67. The van der Waals surface area contributed by atoms with Crippen molar-refractivity contribution in [2.75, 3.05) is 11.4 Å². The molecular weight excluding hydrogens is 312 g/mol. The van der Waals surface area contributed by atoms with Crippen molar-refractivity contribution in [1.29, 1.82) is 0 Å². The van der Waals surface area contributed by atoms with Gasteiger partial charge in [-0.05, 0) is 46.6 Å². The lowest BCUT2D eigenvalue weighted by Crippen LogP contribution is -2.58. The predicted molar refractivity (Wildman–Crippen MR) is 90.3 cm³/mol. The van der Waals surface area contributed by atoms with Gasteiger partial charge >= 0.3 is 11.8 Å². The molecule has 2 rings (SSSR count). The molecule has 2 heterocycles. The topological polar surface area (TPSA) is 99.8 Å². The van der Waals surface area contributed by atoms with Crippen LogP contribution in [-0.4, -0.2) is 50.2 Å². The average molecular weight is 336 g/mol. The van der Waals surface area contributed by atoms with Crippen LogP contribution in [0.5, 0.6) is 0 Å². The summed E-state index contributed by atoms with van der Waals surface area (Å²) in [5.74, 6) is 0. The molecule has 0 radical (unpaired) electrons. The number of aromatic nitrogens is 1. The molecule has 132 valence electrons. The normalized spacial score (nSPS) is 21.4. The van der Waals surface area contributed by atoms with Crippen molar-refractivity contribution < 1.29 is 14.8 Å². The van der Waals surface area contributed by atoms with Gasteiger partial charge in [0.15, 0.2) is 0 Å². The zero-order chi connectivity index (χ0) is 18.1. The standard InChI is InChI=1S/C16H24N4O4/c1-11-5-6-12(19(15(21)22)16(2,3)4)10-18(11)13-7-8-17-9-14(13)20(23)24/h7-9,11-12H,5-6,10H2,1-4H3,(H,21,22). The van der Waals surface area contributed by atoms with Crippen LogP contribution in [0.1, 0.15) is 40.5 Å². The van der Waals surface area contributed by atoms with E-state index in [-0.39, 0.29) is 17.8 Å². The Kier molecular flexibility index (Phi) is 4.96. The second-order valence-corrected chi connectivity index (χ2v) is 7.18. The molecule has 8 nitrogen and oxygen atoms in total. The van der Waals surface area contributed by atoms with Crippen LogP contribution in [0.4, 0.5) is 16.2 Å². The third kappa shape index (κ3) is 3.58. The summed E-state index contributed by atoms with van der Waals surface area (Å²) in [5.41, 5.74) is -0.0958. The summed E-state index contributed by atoms with van der Waals surface area (Å²) in [5, 5.41) is 20.9. The van der Waals surface area contributed by atoms with Crippen LogP contribution >= 0.6 is 0 Å². The Bertz CT molecular complexity index is 629. The SMILES string of the molecule is CC1CCC(N(C(=O)O)C(C)(C)C)CN1c1ccncc1[N+](=O)[O-]. The highest BCUT2D eigenvalue weighted by Gasteiger charge is 2.38. The number of pyridine rings is 1. The minimum atomic E-state index is -0.966. The zero-order valence-electron chi connectivity index (χ0n) is 14.5. The van der Waals surface area contributed by atoms with Gasteiger partial charge < -0.3 is 10.0 Å². The Morgan fingerprint density at radius 3 is 2.67 bits per heavy atom.